The van der Waals surface area contributed by atoms with Crippen LogP contribution in [0.25, 0.3) is 0 Å². The second-order valence-corrected chi connectivity index (χ2v) is 7.09. The lowest BCUT2D eigenvalue weighted by molar-refractivity contribution is -0.114. The Morgan fingerprint density at radius 1 is 1.14 bits per heavy atom. The molecular weight excluding hydrogens is 373 g/mol. The van der Waals surface area contributed by atoms with Gasteiger partial charge in [0, 0.05) is 17.6 Å². The number of hydrogen-bond acceptors (Lipinski definition) is 4. The van der Waals surface area contributed by atoms with Crippen molar-refractivity contribution in [3.05, 3.63) is 50.5 Å². The van der Waals surface area contributed by atoms with E-state index in [1.54, 1.807) is 0 Å². The van der Waals surface area contributed by atoms with Crippen molar-refractivity contribution in [2.24, 2.45) is 5.14 Å². The van der Waals surface area contributed by atoms with Crippen molar-refractivity contribution in [2.45, 2.75) is 11.3 Å². The zero-order valence-corrected chi connectivity index (χ0v) is 13.9. The molecule has 2 rings (SSSR count). The van der Waals surface area contributed by atoms with Gasteiger partial charge in [0.05, 0.1) is 10.1 Å². The van der Waals surface area contributed by atoms with E-state index in [1.165, 1.54) is 18.2 Å². The smallest absolute Gasteiger partial charge is 0.239 e. The molecule has 9 heteroatoms. The summed E-state index contributed by atoms with van der Waals surface area (Å²) in [6, 6.07) is 3.62. The minimum atomic E-state index is -4.08. The first-order valence-corrected chi connectivity index (χ1v) is 8.47. The summed E-state index contributed by atoms with van der Waals surface area (Å²) in [7, 11) is -4.08. The van der Waals surface area contributed by atoms with Crippen LogP contribution in [0.3, 0.4) is 0 Å². The topological polar surface area (TPSA) is 94.3 Å². The van der Waals surface area contributed by atoms with E-state index in [9.17, 15) is 18.0 Å². The number of carbonyl (C=O) groups excluding carboxylic acids is 2. The Morgan fingerprint density at radius 3 is 2.36 bits per heavy atom. The first-order chi connectivity index (χ1) is 10.1. The molecule has 0 bridgehead atoms. The molecule has 0 radical (unpaired) electrons. The largest absolute Gasteiger partial charge is 0.293 e. The van der Waals surface area contributed by atoms with Crippen molar-refractivity contribution in [1.82, 2.24) is 0 Å². The predicted octanol–water partition coefficient (Wildman–Crippen LogP) is 2.76. The van der Waals surface area contributed by atoms with E-state index in [4.69, 9.17) is 39.9 Å². The van der Waals surface area contributed by atoms with Gasteiger partial charge in [0.1, 0.15) is 9.93 Å². The van der Waals surface area contributed by atoms with Crippen LogP contribution in [0.1, 0.15) is 16.8 Å². The monoisotopic (exact) mass is 379 g/mol. The van der Waals surface area contributed by atoms with Crippen LogP contribution in [0.15, 0.2) is 44.8 Å². The number of nitrogens with two attached hydrogens (primary N) is 1. The van der Waals surface area contributed by atoms with Gasteiger partial charge in [-0.1, -0.05) is 40.9 Å². The van der Waals surface area contributed by atoms with Crippen LogP contribution in [-0.2, 0) is 14.8 Å². The normalized spacial score (nSPS) is 15.8. The molecule has 0 amide bonds. The van der Waals surface area contributed by atoms with Gasteiger partial charge in [-0.05, 0) is 18.2 Å². The minimum absolute atomic E-state index is 0.0108. The molecule has 0 saturated heterocycles. The molecule has 22 heavy (non-hydrogen) atoms. The molecule has 1 aliphatic carbocycles. The summed E-state index contributed by atoms with van der Waals surface area (Å²) in [6.07, 6.45) is 1.27. The van der Waals surface area contributed by atoms with Crippen molar-refractivity contribution in [3.8, 4) is 0 Å². The van der Waals surface area contributed by atoms with Gasteiger partial charge < -0.3 is 0 Å². The zero-order valence-electron chi connectivity index (χ0n) is 10.8. The third kappa shape index (κ3) is 3.26. The lowest BCUT2D eigenvalue weighted by atomic mass is 9.97. The molecule has 116 valence electrons. The number of primary sulfonamides is 1. The maximum absolute atomic E-state index is 12.4. The number of benzene rings is 1. The molecule has 0 atom stereocenters. The summed E-state index contributed by atoms with van der Waals surface area (Å²) in [5, 5.41) is 4.53. The third-order valence-corrected chi connectivity index (χ3v) is 5.19. The van der Waals surface area contributed by atoms with Crippen LogP contribution in [0.5, 0.6) is 0 Å². The van der Waals surface area contributed by atoms with E-state index in [0.717, 1.165) is 6.07 Å². The van der Waals surface area contributed by atoms with Gasteiger partial charge in [-0.3, -0.25) is 9.59 Å². The average molecular weight is 381 g/mol. The number of halogens is 3. The molecule has 1 aromatic carbocycles. The Bertz CT molecular complexity index is 856. The van der Waals surface area contributed by atoms with Gasteiger partial charge in [-0.25, -0.2) is 13.6 Å². The van der Waals surface area contributed by atoms with Crippen LogP contribution >= 0.6 is 34.8 Å². The molecule has 0 aromatic heterocycles. The van der Waals surface area contributed by atoms with Crippen LogP contribution in [0, 0.1) is 0 Å². The summed E-state index contributed by atoms with van der Waals surface area (Å²) in [6.45, 7) is 0. The van der Waals surface area contributed by atoms with Crippen molar-refractivity contribution < 1.29 is 18.0 Å². The summed E-state index contributed by atoms with van der Waals surface area (Å²) in [4.78, 5) is 23.4. The fourth-order valence-corrected chi connectivity index (χ4v) is 3.34. The van der Waals surface area contributed by atoms with Gasteiger partial charge in [-0.15, -0.1) is 0 Å². The van der Waals surface area contributed by atoms with Crippen LogP contribution in [0.4, 0.5) is 0 Å². The maximum atomic E-state index is 12.4. The number of rotatable bonds is 3. The summed E-state index contributed by atoms with van der Waals surface area (Å²) in [5.41, 5.74) is 0.0330. The zero-order chi connectivity index (χ0) is 16.7. The molecule has 5 nitrogen and oxygen atoms in total. The SMILES string of the molecule is NS(=O)(=O)c1cc(C(=O)C2=CCC(=O)C(Cl)=C2Cl)ccc1Cl. The fourth-order valence-electron chi connectivity index (χ4n) is 1.83. The highest BCUT2D eigenvalue weighted by molar-refractivity contribution is 7.89. The standard InChI is InChI=1S/C13H8Cl3NO4S/c14-8-3-1-6(5-10(8)22(17,20)21)13(19)7-2-4-9(18)12(16)11(7)15/h1-3,5H,4H2,(H2,17,20,21). The number of ketones is 2. The lowest BCUT2D eigenvalue weighted by Crippen LogP contribution is -2.15. The Kier molecular flexibility index (Phi) is 4.79. The third-order valence-electron chi connectivity index (χ3n) is 2.91. The van der Waals surface area contributed by atoms with E-state index in [1.807, 2.05) is 0 Å². The molecule has 0 spiro atoms. The van der Waals surface area contributed by atoms with Crippen molar-refractivity contribution in [1.29, 1.82) is 0 Å². The molecular formula is C13H8Cl3NO4S. The second-order valence-electron chi connectivity index (χ2n) is 4.39. The van der Waals surface area contributed by atoms with Gasteiger partial charge in [0.15, 0.2) is 11.6 Å². The molecule has 0 saturated carbocycles. The van der Waals surface area contributed by atoms with Crippen LogP contribution in [-0.4, -0.2) is 20.0 Å². The lowest BCUT2D eigenvalue weighted by Gasteiger charge is -2.13. The molecule has 0 fully saturated rings. The maximum Gasteiger partial charge on any atom is 0.239 e. The Labute approximate surface area is 141 Å². The molecule has 0 heterocycles. The fraction of sp³-hybridized carbons (Fsp3) is 0.0769. The van der Waals surface area contributed by atoms with Gasteiger partial charge in [-0.2, -0.15) is 0 Å². The van der Waals surface area contributed by atoms with Crippen molar-refractivity contribution in [2.75, 3.05) is 0 Å². The highest BCUT2D eigenvalue weighted by Gasteiger charge is 2.26. The molecule has 2 N–H and O–H groups in total. The quantitative estimate of drug-likeness (QED) is 0.816. The molecule has 1 aromatic rings. The summed E-state index contributed by atoms with van der Waals surface area (Å²) in [5.74, 6) is -0.984. The van der Waals surface area contributed by atoms with E-state index in [2.05, 4.69) is 0 Å². The van der Waals surface area contributed by atoms with E-state index in [-0.39, 0.29) is 37.5 Å². The highest BCUT2D eigenvalue weighted by Crippen LogP contribution is 2.32. The minimum Gasteiger partial charge on any atom is -0.293 e. The van der Waals surface area contributed by atoms with E-state index in [0.29, 0.717) is 0 Å². The molecule has 1 aliphatic rings. The van der Waals surface area contributed by atoms with Gasteiger partial charge >= 0.3 is 0 Å². The first-order valence-electron chi connectivity index (χ1n) is 5.79. The number of Topliss-reactive ketones (excluding diaryl/α,β-unsaturated/α-hetero) is 2. The molecule has 0 aliphatic heterocycles. The number of carbonyl (C=O) groups is 2. The van der Waals surface area contributed by atoms with Crippen LogP contribution in [0.2, 0.25) is 5.02 Å². The van der Waals surface area contributed by atoms with Crippen molar-refractivity contribution >= 4 is 56.4 Å². The number of sulfonamides is 1. The first kappa shape index (κ1) is 17.2. The average Bonchev–Trinajstić information content (AvgIpc) is 2.43. The summed E-state index contributed by atoms with van der Waals surface area (Å²) >= 11 is 17.4. The van der Waals surface area contributed by atoms with Crippen LogP contribution < -0.4 is 5.14 Å². The van der Waals surface area contributed by atoms with Gasteiger partial charge in [0.2, 0.25) is 10.0 Å². The van der Waals surface area contributed by atoms with E-state index >= 15 is 0 Å². The second kappa shape index (κ2) is 6.14. The van der Waals surface area contributed by atoms with Crippen molar-refractivity contribution in [3.63, 3.8) is 0 Å². The Hall–Kier alpha value is -1.18. The molecule has 0 unspecified atom stereocenters. The Morgan fingerprint density at radius 2 is 1.77 bits per heavy atom. The predicted molar refractivity (Wildman–Crippen MR) is 83.6 cm³/mol. The van der Waals surface area contributed by atoms with Gasteiger partial charge in [0.25, 0.3) is 0 Å². The Balaban J connectivity index is 2.51. The highest BCUT2D eigenvalue weighted by atomic mass is 35.5. The summed E-state index contributed by atoms with van der Waals surface area (Å²) < 4.78 is 22.9. The van der Waals surface area contributed by atoms with E-state index < -0.39 is 21.6 Å². The number of hydrogen-bond donors (Lipinski definition) is 1. The number of allylic oxidation sites excluding steroid dienone is 4.